The first-order valence-electron chi connectivity index (χ1n) is 5.99. The summed E-state index contributed by atoms with van der Waals surface area (Å²) in [5, 5.41) is 21.2. The molecule has 2 aromatic carbocycles. The molecule has 0 aliphatic rings. The molecule has 4 nitrogen and oxygen atoms in total. The Labute approximate surface area is 110 Å². The van der Waals surface area contributed by atoms with Crippen molar-refractivity contribution in [1.82, 2.24) is 4.57 Å². The number of benzene rings is 2. The van der Waals surface area contributed by atoms with Crippen molar-refractivity contribution in [3.05, 3.63) is 54.2 Å². The summed E-state index contributed by atoms with van der Waals surface area (Å²) in [6.07, 6.45) is 1.85. The quantitative estimate of drug-likeness (QED) is 0.616. The Morgan fingerprint density at radius 2 is 1.84 bits per heavy atom. The molecule has 0 saturated heterocycles. The highest BCUT2D eigenvalue weighted by Crippen LogP contribution is 2.32. The van der Waals surface area contributed by atoms with Crippen molar-refractivity contribution in [2.75, 3.05) is 5.73 Å². The summed E-state index contributed by atoms with van der Waals surface area (Å²) in [6.45, 7) is 0.481. The van der Waals surface area contributed by atoms with Crippen molar-refractivity contribution < 1.29 is 10.2 Å². The Bertz CT molecular complexity index is 747. The zero-order chi connectivity index (χ0) is 13.4. The van der Waals surface area contributed by atoms with Crippen LogP contribution in [0.5, 0.6) is 11.6 Å². The summed E-state index contributed by atoms with van der Waals surface area (Å²) in [5.74, 6) is 0.365. The number of hydrogen-bond acceptors (Lipinski definition) is 3. The third kappa shape index (κ3) is 1.97. The lowest BCUT2D eigenvalue weighted by Crippen LogP contribution is -1.97. The summed E-state index contributed by atoms with van der Waals surface area (Å²) in [4.78, 5) is 0. The fourth-order valence-electron chi connectivity index (χ4n) is 2.30. The molecule has 0 aliphatic carbocycles. The summed E-state index contributed by atoms with van der Waals surface area (Å²) in [5.41, 5.74) is 7.35. The van der Waals surface area contributed by atoms with E-state index in [1.165, 1.54) is 0 Å². The fourth-order valence-corrected chi connectivity index (χ4v) is 2.30. The third-order valence-electron chi connectivity index (χ3n) is 3.18. The van der Waals surface area contributed by atoms with Crippen LogP contribution in [0.1, 0.15) is 5.56 Å². The van der Waals surface area contributed by atoms with Crippen LogP contribution >= 0.6 is 0 Å². The summed E-state index contributed by atoms with van der Waals surface area (Å²) in [6, 6.07) is 12.5. The molecule has 0 amide bonds. The lowest BCUT2D eigenvalue weighted by atomic mass is 10.2. The molecule has 0 spiro atoms. The summed E-state index contributed by atoms with van der Waals surface area (Å²) < 4.78 is 1.72. The number of nitrogens with two attached hydrogens (primary N) is 1. The fraction of sp³-hybridized carbons (Fsp3) is 0.0667. The highest BCUT2D eigenvalue weighted by atomic mass is 16.3. The van der Waals surface area contributed by atoms with Crippen LogP contribution in [0, 0.1) is 0 Å². The second kappa shape index (κ2) is 4.24. The zero-order valence-electron chi connectivity index (χ0n) is 10.2. The molecule has 0 saturated carbocycles. The van der Waals surface area contributed by atoms with E-state index in [1.807, 2.05) is 24.4 Å². The van der Waals surface area contributed by atoms with E-state index in [4.69, 9.17) is 5.73 Å². The van der Waals surface area contributed by atoms with Gasteiger partial charge in [-0.1, -0.05) is 24.3 Å². The van der Waals surface area contributed by atoms with Crippen LogP contribution < -0.4 is 5.73 Å². The van der Waals surface area contributed by atoms with E-state index in [9.17, 15) is 10.2 Å². The predicted octanol–water partition coefficient (Wildman–Crippen LogP) is 2.68. The van der Waals surface area contributed by atoms with Crippen LogP contribution in [0.25, 0.3) is 10.8 Å². The van der Waals surface area contributed by atoms with Crippen LogP contribution in [-0.4, -0.2) is 14.8 Å². The number of aromatic nitrogens is 1. The van der Waals surface area contributed by atoms with Gasteiger partial charge in [-0.3, -0.25) is 0 Å². The molecule has 96 valence electrons. The number of aromatic hydroxyl groups is 2. The van der Waals surface area contributed by atoms with E-state index in [-0.39, 0.29) is 11.6 Å². The van der Waals surface area contributed by atoms with Crippen molar-refractivity contribution in [3.8, 4) is 11.6 Å². The van der Waals surface area contributed by atoms with Gasteiger partial charge in [0.15, 0.2) is 0 Å². The smallest absolute Gasteiger partial charge is 0.201 e. The molecule has 4 N–H and O–H groups in total. The van der Waals surface area contributed by atoms with Crippen molar-refractivity contribution in [2.24, 2.45) is 0 Å². The van der Waals surface area contributed by atoms with Gasteiger partial charge in [0.1, 0.15) is 5.75 Å². The molecule has 3 aromatic rings. The molecule has 0 bridgehead atoms. The summed E-state index contributed by atoms with van der Waals surface area (Å²) in [7, 11) is 0. The number of phenolic OH excluding ortho intramolecular Hbond substituents is 1. The Morgan fingerprint density at radius 3 is 2.58 bits per heavy atom. The van der Waals surface area contributed by atoms with Crippen molar-refractivity contribution >= 4 is 16.5 Å². The van der Waals surface area contributed by atoms with Gasteiger partial charge in [-0.05, 0) is 23.8 Å². The van der Waals surface area contributed by atoms with Gasteiger partial charge in [-0.15, -0.1) is 0 Å². The number of anilines is 1. The van der Waals surface area contributed by atoms with Crippen molar-refractivity contribution in [1.29, 1.82) is 0 Å². The van der Waals surface area contributed by atoms with Gasteiger partial charge >= 0.3 is 0 Å². The Kier molecular flexibility index (Phi) is 2.56. The number of hydrogen-bond donors (Lipinski definition) is 3. The molecule has 19 heavy (non-hydrogen) atoms. The maximum absolute atomic E-state index is 10.2. The lowest BCUT2D eigenvalue weighted by molar-refractivity contribution is 0.429. The zero-order valence-corrected chi connectivity index (χ0v) is 10.2. The average Bonchev–Trinajstić information content (AvgIpc) is 2.68. The molecular weight excluding hydrogens is 240 g/mol. The van der Waals surface area contributed by atoms with Crippen LogP contribution in [0.15, 0.2) is 48.7 Å². The van der Waals surface area contributed by atoms with Crippen LogP contribution in [-0.2, 0) is 6.54 Å². The van der Waals surface area contributed by atoms with Crippen LogP contribution in [0.2, 0.25) is 0 Å². The lowest BCUT2D eigenvalue weighted by Gasteiger charge is -2.05. The van der Waals surface area contributed by atoms with E-state index in [0.717, 1.165) is 10.9 Å². The predicted molar refractivity (Wildman–Crippen MR) is 75.2 cm³/mol. The first-order chi connectivity index (χ1) is 9.15. The molecule has 1 heterocycles. The monoisotopic (exact) mass is 254 g/mol. The van der Waals surface area contributed by atoms with Gasteiger partial charge < -0.3 is 20.5 Å². The van der Waals surface area contributed by atoms with E-state index >= 15 is 0 Å². The minimum absolute atomic E-state index is 0.149. The molecule has 0 aliphatic heterocycles. The number of phenols is 1. The topological polar surface area (TPSA) is 71.4 Å². The number of rotatable bonds is 2. The maximum Gasteiger partial charge on any atom is 0.201 e. The van der Waals surface area contributed by atoms with Crippen molar-refractivity contribution in [3.63, 3.8) is 0 Å². The molecule has 0 fully saturated rings. The van der Waals surface area contributed by atoms with E-state index in [2.05, 4.69) is 0 Å². The second-order valence-corrected chi connectivity index (χ2v) is 4.56. The van der Waals surface area contributed by atoms with Gasteiger partial charge in [-0.25, -0.2) is 0 Å². The van der Waals surface area contributed by atoms with Crippen LogP contribution in [0.3, 0.4) is 0 Å². The normalized spacial score (nSPS) is 10.9. The maximum atomic E-state index is 10.2. The van der Waals surface area contributed by atoms with Gasteiger partial charge in [0.05, 0.1) is 11.9 Å². The SMILES string of the molecule is Nc1cccc2cn(Cc3cccc(O)c3)c(O)c12. The second-order valence-electron chi connectivity index (χ2n) is 4.56. The molecular formula is C15H14N2O2. The minimum Gasteiger partial charge on any atom is -0.508 e. The molecule has 0 unspecified atom stereocenters. The largest absolute Gasteiger partial charge is 0.508 e. The average molecular weight is 254 g/mol. The van der Waals surface area contributed by atoms with Gasteiger partial charge in [0.2, 0.25) is 5.88 Å². The van der Waals surface area contributed by atoms with E-state index < -0.39 is 0 Å². The standard InChI is InChI=1S/C15H14N2O2/c16-13-6-2-4-11-9-17(15(19)14(11)13)8-10-3-1-5-12(18)7-10/h1-7,9,18-19H,8,16H2. The van der Waals surface area contributed by atoms with Crippen molar-refractivity contribution in [2.45, 2.75) is 6.54 Å². The number of fused-ring (bicyclic) bond motifs is 1. The number of nitrogen functional groups attached to an aromatic ring is 1. The Balaban J connectivity index is 2.06. The Hall–Kier alpha value is -2.62. The molecule has 1 aromatic heterocycles. The highest BCUT2D eigenvalue weighted by molar-refractivity contribution is 5.97. The Morgan fingerprint density at radius 1 is 1.05 bits per heavy atom. The van der Waals surface area contributed by atoms with Gasteiger partial charge in [0.25, 0.3) is 0 Å². The van der Waals surface area contributed by atoms with Crippen LogP contribution in [0.4, 0.5) is 5.69 Å². The highest BCUT2D eigenvalue weighted by Gasteiger charge is 2.10. The molecule has 0 atom stereocenters. The summed E-state index contributed by atoms with van der Waals surface area (Å²) >= 11 is 0. The number of nitrogens with zero attached hydrogens (tertiary/aromatic N) is 1. The molecule has 3 rings (SSSR count). The van der Waals surface area contributed by atoms with E-state index in [1.54, 1.807) is 28.8 Å². The first kappa shape index (κ1) is 11.5. The minimum atomic E-state index is 0.149. The van der Waals surface area contributed by atoms with Gasteiger partial charge in [-0.2, -0.15) is 0 Å². The van der Waals surface area contributed by atoms with Gasteiger partial charge in [0, 0.05) is 17.3 Å². The third-order valence-corrected chi connectivity index (χ3v) is 3.18. The first-order valence-corrected chi connectivity index (χ1v) is 5.99. The van der Waals surface area contributed by atoms with E-state index in [0.29, 0.717) is 17.6 Å². The molecule has 4 heteroatoms. The molecule has 0 radical (unpaired) electrons.